The van der Waals surface area contributed by atoms with Crippen molar-refractivity contribution in [3.05, 3.63) is 81.9 Å². The summed E-state index contributed by atoms with van der Waals surface area (Å²) in [7, 11) is 0. The van der Waals surface area contributed by atoms with Crippen LogP contribution in [0.15, 0.2) is 65.7 Å². The Kier molecular flexibility index (Phi) is 4.98. The molecule has 0 saturated carbocycles. The second-order valence-corrected chi connectivity index (χ2v) is 7.85. The first-order chi connectivity index (χ1) is 13.5. The van der Waals surface area contributed by atoms with Crippen molar-refractivity contribution >= 4 is 44.7 Å². The molecule has 4 rings (SSSR count). The Balaban J connectivity index is 1.59. The van der Waals surface area contributed by atoms with Gasteiger partial charge in [0.05, 0.1) is 11.7 Å². The summed E-state index contributed by atoms with van der Waals surface area (Å²) in [6.07, 6.45) is 1.42. The van der Waals surface area contributed by atoms with Crippen molar-refractivity contribution in [3.63, 3.8) is 0 Å². The van der Waals surface area contributed by atoms with Crippen LogP contribution in [0.25, 0.3) is 20.7 Å². The summed E-state index contributed by atoms with van der Waals surface area (Å²) in [5.41, 5.74) is 2.32. The SMILES string of the molecule is Cc1cc(Cl)ccc1NC(=O)Cn1cnc2sc(-c3ccccc3)cc2c1=O. The first-order valence-corrected chi connectivity index (χ1v) is 9.81. The smallest absolute Gasteiger partial charge is 0.262 e. The minimum Gasteiger partial charge on any atom is -0.324 e. The van der Waals surface area contributed by atoms with Crippen LogP contribution in [0.3, 0.4) is 0 Å². The van der Waals surface area contributed by atoms with Crippen molar-refractivity contribution in [1.29, 1.82) is 0 Å². The number of aryl methyl sites for hydroxylation is 1. The molecule has 2 aromatic carbocycles. The number of amides is 1. The average molecular weight is 410 g/mol. The van der Waals surface area contributed by atoms with Gasteiger partial charge in [-0.15, -0.1) is 11.3 Å². The van der Waals surface area contributed by atoms with Crippen molar-refractivity contribution in [3.8, 4) is 10.4 Å². The lowest BCUT2D eigenvalue weighted by molar-refractivity contribution is -0.116. The minimum absolute atomic E-state index is 0.111. The lowest BCUT2D eigenvalue weighted by Crippen LogP contribution is -2.27. The van der Waals surface area contributed by atoms with Gasteiger partial charge in [-0.3, -0.25) is 14.2 Å². The Morgan fingerprint density at radius 1 is 1.18 bits per heavy atom. The van der Waals surface area contributed by atoms with E-state index < -0.39 is 0 Å². The molecule has 28 heavy (non-hydrogen) atoms. The Bertz CT molecular complexity index is 1230. The molecule has 1 amide bonds. The summed E-state index contributed by atoms with van der Waals surface area (Å²) >= 11 is 7.40. The minimum atomic E-state index is -0.299. The third-order valence-corrected chi connectivity index (χ3v) is 5.68. The van der Waals surface area contributed by atoms with E-state index in [0.29, 0.717) is 20.9 Å². The number of nitrogens with one attached hydrogen (secondary N) is 1. The van der Waals surface area contributed by atoms with Gasteiger partial charge in [0, 0.05) is 15.6 Å². The molecule has 0 saturated heterocycles. The van der Waals surface area contributed by atoms with Gasteiger partial charge in [0.25, 0.3) is 5.56 Å². The molecule has 0 aliphatic rings. The van der Waals surface area contributed by atoms with E-state index >= 15 is 0 Å². The molecular formula is C21H16ClN3O2S. The molecule has 7 heteroatoms. The van der Waals surface area contributed by atoms with Crippen molar-refractivity contribution in [2.24, 2.45) is 0 Å². The number of aromatic nitrogens is 2. The van der Waals surface area contributed by atoms with Gasteiger partial charge >= 0.3 is 0 Å². The van der Waals surface area contributed by atoms with Crippen molar-refractivity contribution in [2.45, 2.75) is 13.5 Å². The predicted molar refractivity (Wildman–Crippen MR) is 114 cm³/mol. The highest BCUT2D eigenvalue weighted by atomic mass is 35.5. The molecule has 0 atom stereocenters. The summed E-state index contributed by atoms with van der Waals surface area (Å²) in [4.78, 5) is 31.2. The molecule has 4 aromatic rings. The molecule has 0 fully saturated rings. The topological polar surface area (TPSA) is 64.0 Å². The number of fused-ring (bicyclic) bond motifs is 1. The fourth-order valence-electron chi connectivity index (χ4n) is 2.93. The zero-order valence-corrected chi connectivity index (χ0v) is 16.6. The second kappa shape index (κ2) is 7.58. The van der Waals surface area contributed by atoms with Crippen LogP contribution in [-0.2, 0) is 11.3 Å². The van der Waals surface area contributed by atoms with Crippen molar-refractivity contribution < 1.29 is 4.79 Å². The second-order valence-electron chi connectivity index (χ2n) is 6.38. The van der Waals surface area contributed by atoms with Crippen LogP contribution in [0, 0.1) is 6.92 Å². The van der Waals surface area contributed by atoms with Crippen LogP contribution in [0.1, 0.15) is 5.56 Å². The van der Waals surface area contributed by atoms with E-state index in [1.165, 1.54) is 22.2 Å². The lowest BCUT2D eigenvalue weighted by atomic mass is 10.2. The van der Waals surface area contributed by atoms with Gasteiger partial charge in [-0.2, -0.15) is 0 Å². The number of hydrogen-bond donors (Lipinski definition) is 1. The first-order valence-electron chi connectivity index (χ1n) is 8.61. The lowest BCUT2D eigenvalue weighted by Gasteiger charge is -2.09. The normalized spacial score (nSPS) is 10.9. The average Bonchev–Trinajstić information content (AvgIpc) is 3.12. The molecule has 1 N–H and O–H groups in total. The van der Waals surface area contributed by atoms with Gasteiger partial charge in [0.1, 0.15) is 11.4 Å². The van der Waals surface area contributed by atoms with Gasteiger partial charge in [-0.1, -0.05) is 41.9 Å². The van der Waals surface area contributed by atoms with E-state index in [2.05, 4.69) is 10.3 Å². The maximum atomic E-state index is 12.8. The molecule has 0 radical (unpaired) electrons. The summed E-state index contributed by atoms with van der Waals surface area (Å²) in [6.45, 7) is 1.75. The van der Waals surface area contributed by atoms with Crippen LogP contribution in [0.4, 0.5) is 5.69 Å². The first kappa shape index (κ1) is 18.4. The number of carbonyl (C=O) groups is 1. The molecule has 0 unspecified atom stereocenters. The van der Waals surface area contributed by atoms with Crippen molar-refractivity contribution in [2.75, 3.05) is 5.32 Å². The number of halogens is 1. The predicted octanol–water partition coefficient (Wildman–Crippen LogP) is 4.73. The number of carbonyl (C=O) groups excluding carboxylic acids is 1. The molecule has 5 nitrogen and oxygen atoms in total. The number of hydrogen-bond acceptors (Lipinski definition) is 4. The summed E-state index contributed by atoms with van der Waals surface area (Å²) in [6, 6.07) is 16.9. The summed E-state index contributed by atoms with van der Waals surface area (Å²) < 4.78 is 1.32. The van der Waals surface area contributed by atoms with E-state index in [4.69, 9.17) is 11.6 Å². The maximum absolute atomic E-state index is 12.8. The number of anilines is 1. The van der Waals surface area contributed by atoms with Crippen LogP contribution in [-0.4, -0.2) is 15.5 Å². The van der Waals surface area contributed by atoms with E-state index in [-0.39, 0.29) is 18.0 Å². The molecule has 2 aromatic heterocycles. The van der Waals surface area contributed by atoms with Gasteiger partial charge < -0.3 is 5.32 Å². The Morgan fingerprint density at radius 2 is 1.96 bits per heavy atom. The van der Waals surface area contributed by atoms with Gasteiger partial charge in [0.15, 0.2) is 0 Å². The highest BCUT2D eigenvalue weighted by Crippen LogP contribution is 2.30. The third-order valence-electron chi connectivity index (χ3n) is 4.35. The zero-order valence-electron chi connectivity index (χ0n) is 15.0. The highest BCUT2D eigenvalue weighted by Gasteiger charge is 2.13. The molecule has 2 heterocycles. The Labute approximate surface area is 170 Å². The van der Waals surface area contributed by atoms with E-state index in [1.807, 2.05) is 43.3 Å². The van der Waals surface area contributed by atoms with Crippen LogP contribution in [0.5, 0.6) is 0 Å². The third kappa shape index (κ3) is 3.69. The van der Waals surface area contributed by atoms with E-state index in [1.54, 1.807) is 18.2 Å². The van der Waals surface area contributed by atoms with E-state index in [0.717, 1.165) is 16.0 Å². The number of benzene rings is 2. The summed E-state index contributed by atoms with van der Waals surface area (Å²) in [5, 5.41) is 3.93. The fourth-order valence-corrected chi connectivity index (χ4v) is 4.15. The molecule has 0 spiro atoms. The molecule has 0 bridgehead atoms. The van der Waals surface area contributed by atoms with Gasteiger partial charge in [-0.05, 0) is 42.3 Å². The van der Waals surface area contributed by atoms with Gasteiger partial charge in [-0.25, -0.2) is 4.98 Å². The Morgan fingerprint density at radius 3 is 2.71 bits per heavy atom. The van der Waals surface area contributed by atoms with Crippen molar-refractivity contribution in [1.82, 2.24) is 9.55 Å². The fraction of sp³-hybridized carbons (Fsp3) is 0.0952. The highest BCUT2D eigenvalue weighted by molar-refractivity contribution is 7.21. The van der Waals surface area contributed by atoms with Crippen LogP contribution >= 0.6 is 22.9 Å². The zero-order chi connectivity index (χ0) is 19.7. The quantitative estimate of drug-likeness (QED) is 0.530. The number of nitrogens with zero attached hydrogens (tertiary/aromatic N) is 2. The largest absolute Gasteiger partial charge is 0.324 e. The Hall–Kier alpha value is -2.96. The standard InChI is InChI=1S/C21H16ClN3O2S/c1-13-9-15(22)7-8-17(13)24-19(26)11-25-12-23-20-16(21(25)27)10-18(28-20)14-5-3-2-4-6-14/h2-10,12H,11H2,1H3,(H,24,26). The number of rotatable bonds is 4. The summed E-state index contributed by atoms with van der Waals surface area (Å²) in [5.74, 6) is -0.299. The monoisotopic (exact) mass is 409 g/mol. The molecule has 0 aliphatic carbocycles. The number of thiophene rings is 1. The molecule has 140 valence electrons. The maximum Gasteiger partial charge on any atom is 0.262 e. The molecule has 0 aliphatic heterocycles. The molecular weight excluding hydrogens is 394 g/mol. The van der Waals surface area contributed by atoms with Crippen LogP contribution < -0.4 is 10.9 Å². The van der Waals surface area contributed by atoms with Crippen LogP contribution in [0.2, 0.25) is 5.02 Å². The van der Waals surface area contributed by atoms with E-state index in [9.17, 15) is 9.59 Å². The van der Waals surface area contributed by atoms with Gasteiger partial charge in [0.2, 0.25) is 5.91 Å².